The second kappa shape index (κ2) is 4.92. The lowest BCUT2D eigenvalue weighted by Gasteiger charge is -2.28. The summed E-state index contributed by atoms with van der Waals surface area (Å²) in [5.74, 6) is 0.0719. The van der Waals surface area contributed by atoms with E-state index in [0.29, 0.717) is 0 Å². The molecule has 2 rings (SSSR count). The Hall–Kier alpha value is -1.29. The Morgan fingerprint density at radius 2 is 2.35 bits per heavy atom. The highest BCUT2D eigenvalue weighted by atomic mass is 16.2. The molecule has 1 fully saturated rings. The van der Waals surface area contributed by atoms with E-state index in [0.717, 1.165) is 25.1 Å². The fourth-order valence-corrected chi connectivity index (χ4v) is 2.39. The summed E-state index contributed by atoms with van der Waals surface area (Å²) < 4.78 is 0. The van der Waals surface area contributed by atoms with Crippen molar-refractivity contribution in [3.05, 3.63) is 24.0 Å². The molecular formula is C13H21N3O. The predicted octanol–water partition coefficient (Wildman–Crippen LogP) is 1.66. The first kappa shape index (κ1) is 12.2. The van der Waals surface area contributed by atoms with E-state index in [1.807, 2.05) is 37.1 Å². The molecule has 4 nitrogen and oxygen atoms in total. The zero-order chi connectivity index (χ0) is 12.4. The smallest absolute Gasteiger partial charge is 0.227 e. The van der Waals surface area contributed by atoms with Crippen molar-refractivity contribution in [3.63, 3.8) is 0 Å². The van der Waals surface area contributed by atoms with E-state index in [-0.39, 0.29) is 23.9 Å². The van der Waals surface area contributed by atoms with Gasteiger partial charge in [-0.2, -0.15) is 0 Å². The molecule has 1 aromatic rings. The van der Waals surface area contributed by atoms with Gasteiger partial charge in [-0.3, -0.25) is 4.79 Å². The predicted molar refractivity (Wildman–Crippen MR) is 67.3 cm³/mol. The molecule has 94 valence electrons. The third-order valence-corrected chi connectivity index (χ3v) is 3.70. The second-order valence-electron chi connectivity index (χ2n) is 4.96. The van der Waals surface area contributed by atoms with E-state index in [2.05, 4.69) is 4.98 Å². The molecule has 0 radical (unpaired) electrons. The Labute approximate surface area is 102 Å². The van der Waals surface area contributed by atoms with Crippen LogP contribution in [0, 0.1) is 5.92 Å². The van der Waals surface area contributed by atoms with Crippen LogP contribution >= 0.6 is 0 Å². The van der Waals surface area contributed by atoms with Crippen LogP contribution in [-0.4, -0.2) is 28.4 Å². The quantitative estimate of drug-likeness (QED) is 0.837. The average Bonchev–Trinajstić information content (AvgIpc) is 2.96. The monoisotopic (exact) mass is 235 g/mol. The molecule has 1 aromatic heterocycles. The zero-order valence-electron chi connectivity index (χ0n) is 10.5. The molecule has 0 aromatic carbocycles. The number of rotatable bonds is 3. The maximum absolute atomic E-state index is 12.3. The zero-order valence-corrected chi connectivity index (χ0v) is 10.5. The van der Waals surface area contributed by atoms with Gasteiger partial charge in [0.25, 0.3) is 0 Å². The van der Waals surface area contributed by atoms with Crippen molar-refractivity contribution in [2.24, 2.45) is 11.7 Å². The van der Waals surface area contributed by atoms with Crippen molar-refractivity contribution in [3.8, 4) is 0 Å². The maximum Gasteiger partial charge on any atom is 0.227 e. The van der Waals surface area contributed by atoms with Crippen LogP contribution in [0.4, 0.5) is 0 Å². The maximum atomic E-state index is 12.3. The normalized spacial score (nSPS) is 23.7. The van der Waals surface area contributed by atoms with E-state index in [9.17, 15) is 4.79 Å². The second-order valence-corrected chi connectivity index (χ2v) is 4.96. The van der Waals surface area contributed by atoms with Gasteiger partial charge >= 0.3 is 0 Å². The van der Waals surface area contributed by atoms with Gasteiger partial charge in [-0.25, -0.2) is 0 Å². The molecule has 0 aliphatic carbocycles. The summed E-state index contributed by atoms with van der Waals surface area (Å²) in [6.07, 6.45) is 4.02. The molecule has 1 saturated heterocycles. The number of amides is 1. The van der Waals surface area contributed by atoms with E-state index in [1.54, 1.807) is 0 Å². The molecule has 3 unspecified atom stereocenters. The fraction of sp³-hybridized carbons (Fsp3) is 0.615. The third-order valence-electron chi connectivity index (χ3n) is 3.70. The lowest BCUT2D eigenvalue weighted by Crippen LogP contribution is -2.41. The van der Waals surface area contributed by atoms with E-state index >= 15 is 0 Å². The number of nitrogens with zero attached hydrogens (tertiary/aromatic N) is 1. The highest BCUT2D eigenvalue weighted by Crippen LogP contribution is 2.32. The Kier molecular flexibility index (Phi) is 3.52. The lowest BCUT2D eigenvalue weighted by atomic mass is 10.0. The lowest BCUT2D eigenvalue weighted by molar-refractivity contribution is -0.136. The van der Waals surface area contributed by atoms with E-state index < -0.39 is 0 Å². The van der Waals surface area contributed by atoms with Crippen LogP contribution in [0.15, 0.2) is 18.3 Å². The minimum atomic E-state index is -0.106. The van der Waals surface area contributed by atoms with Gasteiger partial charge in [-0.1, -0.05) is 6.92 Å². The number of carbonyl (C=O) groups excluding carboxylic acids is 1. The summed E-state index contributed by atoms with van der Waals surface area (Å²) in [5, 5.41) is 0. The standard InChI is InChI=1S/C13H21N3O/c1-9(10(2)14)13(17)16-8-4-6-12(16)11-5-3-7-15-11/h3,5,7,9-10,12,15H,4,6,8,14H2,1-2H3. The molecule has 1 aliphatic heterocycles. The number of H-pyrrole nitrogens is 1. The van der Waals surface area contributed by atoms with E-state index in [1.165, 1.54) is 0 Å². The summed E-state index contributed by atoms with van der Waals surface area (Å²) in [6.45, 7) is 4.65. The molecule has 0 bridgehead atoms. The summed E-state index contributed by atoms with van der Waals surface area (Å²) in [5.41, 5.74) is 6.95. The summed E-state index contributed by atoms with van der Waals surface area (Å²) >= 11 is 0. The number of aromatic amines is 1. The number of hydrogen-bond acceptors (Lipinski definition) is 2. The summed E-state index contributed by atoms with van der Waals surface area (Å²) in [7, 11) is 0. The minimum absolute atomic E-state index is 0.0904. The Morgan fingerprint density at radius 1 is 1.59 bits per heavy atom. The molecule has 2 heterocycles. The van der Waals surface area contributed by atoms with Crippen molar-refractivity contribution in [2.45, 2.75) is 38.8 Å². The average molecular weight is 235 g/mol. The number of hydrogen-bond donors (Lipinski definition) is 2. The van der Waals surface area contributed by atoms with E-state index in [4.69, 9.17) is 5.73 Å². The Morgan fingerprint density at radius 3 is 2.94 bits per heavy atom. The van der Waals surface area contributed by atoms with Gasteiger partial charge in [-0.05, 0) is 31.9 Å². The molecule has 3 N–H and O–H groups in total. The number of nitrogens with two attached hydrogens (primary N) is 1. The SMILES string of the molecule is CC(N)C(C)C(=O)N1CCCC1c1ccc[nH]1. The Bertz CT molecular complexity index is 372. The van der Waals surface area contributed by atoms with Crippen LogP contribution < -0.4 is 5.73 Å². The topological polar surface area (TPSA) is 62.1 Å². The first-order chi connectivity index (χ1) is 8.11. The first-order valence-corrected chi connectivity index (χ1v) is 6.30. The first-order valence-electron chi connectivity index (χ1n) is 6.30. The van der Waals surface area contributed by atoms with Gasteiger partial charge in [0.1, 0.15) is 0 Å². The van der Waals surface area contributed by atoms with Gasteiger partial charge in [0.15, 0.2) is 0 Å². The van der Waals surface area contributed by atoms with Gasteiger partial charge in [0.05, 0.1) is 12.0 Å². The summed E-state index contributed by atoms with van der Waals surface area (Å²) in [6, 6.07) is 4.14. The molecule has 0 saturated carbocycles. The van der Waals surface area contributed by atoms with Crippen molar-refractivity contribution in [1.82, 2.24) is 9.88 Å². The third kappa shape index (κ3) is 2.36. The fourth-order valence-electron chi connectivity index (χ4n) is 2.39. The Balaban J connectivity index is 2.12. The number of nitrogens with one attached hydrogen (secondary N) is 1. The van der Waals surface area contributed by atoms with Crippen molar-refractivity contribution in [2.75, 3.05) is 6.54 Å². The molecule has 3 atom stereocenters. The van der Waals surface area contributed by atoms with Crippen molar-refractivity contribution in [1.29, 1.82) is 0 Å². The van der Waals surface area contributed by atoms with Gasteiger partial charge < -0.3 is 15.6 Å². The van der Waals surface area contributed by atoms with Crippen LogP contribution in [0.5, 0.6) is 0 Å². The van der Waals surface area contributed by atoms with Crippen molar-refractivity contribution < 1.29 is 4.79 Å². The molecule has 4 heteroatoms. The molecule has 17 heavy (non-hydrogen) atoms. The van der Waals surface area contributed by atoms with Crippen LogP contribution in [0.3, 0.4) is 0 Å². The number of likely N-dealkylation sites (tertiary alicyclic amines) is 1. The highest BCUT2D eigenvalue weighted by molar-refractivity contribution is 5.79. The van der Waals surface area contributed by atoms with Crippen LogP contribution in [0.2, 0.25) is 0 Å². The van der Waals surface area contributed by atoms with Gasteiger partial charge in [0.2, 0.25) is 5.91 Å². The number of aromatic nitrogens is 1. The van der Waals surface area contributed by atoms with Crippen LogP contribution in [0.1, 0.15) is 38.4 Å². The van der Waals surface area contributed by atoms with Crippen LogP contribution in [0.25, 0.3) is 0 Å². The minimum Gasteiger partial charge on any atom is -0.363 e. The molecular weight excluding hydrogens is 214 g/mol. The molecule has 0 spiro atoms. The number of carbonyl (C=O) groups is 1. The summed E-state index contributed by atoms with van der Waals surface area (Å²) in [4.78, 5) is 17.5. The van der Waals surface area contributed by atoms with Gasteiger partial charge in [-0.15, -0.1) is 0 Å². The molecule has 1 aliphatic rings. The van der Waals surface area contributed by atoms with Crippen molar-refractivity contribution >= 4 is 5.91 Å². The highest BCUT2D eigenvalue weighted by Gasteiger charge is 2.33. The van der Waals surface area contributed by atoms with Gasteiger partial charge in [0, 0.05) is 24.5 Å². The van der Waals surface area contributed by atoms with Crippen LogP contribution in [-0.2, 0) is 4.79 Å². The largest absolute Gasteiger partial charge is 0.363 e. The molecule has 1 amide bonds.